The molecule has 0 bridgehead atoms. The van der Waals surface area contributed by atoms with Crippen LogP contribution in [-0.2, 0) is 13.6 Å². The summed E-state index contributed by atoms with van der Waals surface area (Å²) in [5, 5.41) is 0. The largest absolute Gasteiger partial charge is 0.756 e. The van der Waals surface area contributed by atoms with Crippen molar-refractivity contribution in [2.24, 2.45) is 0 Å². The van der Waals surface area contributed by atoms with Crippen molar-refractivity contribution in [3.63, 3.8) is 0 Å². The standard InChI is InChI=1S/C34H72NO4P/c1-5-7-9-11-13-15-17-18-19-20-21-22-24-26-28-30-33-38-40(36,37)39-34-32-35(3,4)31-29-27-25-23-16-14-12-10-8-6-2/h5-34H2,1-4H3. The van der Waals surface area contributed by atoms with E-state index in [1.807, 2.05) is 0 Å². The van der Waals surface area contributed by atoms with Gasteiger partial charge in [-0.2, -0.15) is 0 Å². The van der Waals surface area contributed by atoms with Gasteiger partial charge < -0.3 is 18.4 Å². The molecule has 0 aliphatic carbocycles. The number of hydrogen-bond acceptors (Lipinski definition) is 4. The van der Waals surface area contributed by atoms with Gasteiger partial charge in [0.05, 0.1) is 27.2 Å². The molecule has 0 radical (unpaired) electrons. The predicted molar refractivity (Wildman–Crippen MR) is 173 cm³/mol. The minimum Gasteiger partial charge on any atom is -0.756 e. The number of likely N-dealkylation sites (N-methyl/N-ethyl adjacent to an activating group) is 1. The molecule has 40 heavy (non-hydrogen) atoms. The number of phosphoric ester groups is 1. The van der Waals surface area contributed by atoms with E-state index in [1.165, 1.54) is 148 Å². The molecule has 0 fully saturated rings. The zero-order valence-electron chi connectivity index (χ0n) is 27.7. The van der Waals surface area contributed by atoms with Crippen molar-refractivity contribution in [2.45, 2.75) is 181 Å². The van der Waals surface area contributed by atoms with E-state index < -0.39 is 7.82 Å². The molecule has 242 valence electrons. The van der Waals surface area contributed by atoms with E-state index in [4.69, 9.17) is 9.05 Å². The Kier molecular flexibility index (Phi) is 29.2. The lowest BCUT2D eigenvalue weighted by atomic mass is 10.0. The SMILES string of the molecule is CCCCCCCCCCCCCCCCCCOP(=O)([O-])OCC[N+](C)(C)CCCCCCCCCCCC. The second kappa shape index (κ2) is 29.2. The van der Waals surface area contributed by atoms with Crippen LogP contribution in [0.3, 0.4) is 0 Å². The van der Waals surface area contributed by atoms with Crippen molar-refractivity contribution in [1.29, 1.82) is 0 Å². The Morgan fingerprint density at radius 3 is 1.12 bits per heavy atom. The fourth-order valence-corrected chi connectivity index (χ4v) is 6.14. The highest BCUT2D eigenvalue weighted by Crippen LogP contribution is 2.38. The molecule has 0 rings (SSSR count). The van der Waals surface area contributed by atoms with Gasteiger partial charge in [0.2, 0.25) is 0 Å². The quantitative estimate of drug-likeness (QED) is 0.0434. The molecule has 5 nitrogen and oxygen atoms in total. The van der Waals surface area contributed by atoms with Crippen molar-refractivity contribution < 1.29 is 23.0 Å². The second-order valence-corrected chi connectivity index (χ2v) is 14.4. The van der Waals surface area contributed by atoms with Gasteiger partial charge >= 0.3 is 0 Å². The highest BCUT2D eigenvalue weighted by Gasteiger charge is 2.17. The highest BCUT2D eigenvalue weighted by atomic mass is 31.2. The molecule has 0 aromatic carbocycles. The minimum absolute atomic E-state index is 0.199. The third-order valence-corrected chi connectivity index (χ3v) is 9.31. The Hall–Kier alpha value is 0.0700. The van der Waals surface area contributed by atoms with E-state index in [9.17, 15) is 9.46 Å². The van der Waals surface area contributed by atoms with Crippen molar-refractivity contribution in [2.75, 3.05) is 40.4 Å². The smallest absolute Gasteiger partial charge is 0.268 e. The van der Waals surface area contributed by atoms with Gasteiger partial charge in [0, 0.05) is 0 Å². The number of phosphoric acid groups is 1. The maximum absolute atomic E-state index is 12.1. The molecular weight excluding hydrogens is 517 g/mol. The fraction of sp³-hybridized carbons (Fsp3) is 1.00. The molecule has 0 heterocycles. The summed E-state index contributed by atoms with van der Waals surface area (Å²) in [4.78, 5) is 12.1. The summed E-state index contributed by atoms with van der Waals surface area (Å²) in [6.45, 7) is 6.73. The van der Waals surface area contributed by atoms with Crippen LogP contribution in [0.1, 0.15) is 181 Å². The van der Waals surface area contributed by atoms with Crippen LogP contribution in [0.4, 0.5) is 0 Å². The van der Waals surface area contributed by atoms with E-state index in [2.05, 4.69) is 27.9 Å². The summed E-state index contributed by atoms with van der Waals surface area (Å²) in [5.74, 6) is 0. The van der Waals surface area contributed by atoms with Crippen LogP contribution in [0.5, 0.6) is 0 Å². The molecule has 0 saturated carbocycles. The van der Waals surface area contributed by atoms with Crippen molar-refractivity contribution in [3.8, 4) is 0 Å². The topological polar surface area (TPSA) is 58.6 Å². The van der Waals surface area contributed by atoms with Crippen LogP contribution < -0.4 is 4.89 Å². The molecule has 0 saturated heterocycles. The first-order valence-electron chi connectivity index (χ1n) is 17.7. The van der Waals surface area contributed by atoms with Crippen LogP contribution in [0.25, 0.3) is 0 Å². The van der Waals surface area contributed by atoms with Gasteiger partial charge in [-0.1, -0.05) is 162 Å². The van der Waals surface area contributed by atoms with Crippen LogP contribution in [0.15, 0.2) is 0 Å². The maximum Gasteiger partial charge on any atom is 0.268 e. The number of unbranched alkanes of at least 4 members (excludes halogenated alkanes) is 24. The van der Waals surface area contributed by atoms with Gasteiger partial charge in [0.1, 0.15) is 13.2 Å². The molecule has 0 N–H and O–H groups in total. The molecule has 0 spiro atoms. The van der Waals surface area contributed by atoms with Crippen LogP contribution >= 0.6 is 7.82 Å². The Morgan fingerprint density at radius 1 is 0.450 bits per heavy atom. The van der Waals surface area contributed by atoms with Gasteiger partial charge in [-0.3, -0.25) is 4.57 Å². The third kappa shape index (κ3) is 31.0. The zero-order valence-corrected chi connectivity index (χ0v) is 28.6. The number of quaternary nitrogens is 1. The summed E-state index contributed by atoms with van der Waals surface area (Å²) in [5.41, 5.74) is 0. The number of hydrogen-bond donors (Lipinski definition) is 0. The average Bonchev–Trinajstić information content (AvgIpc) is 2.91. The third-order valence-electron chi connectivity index (χ3n) is 8.31. The predicted octanol–water partition coefficient (Wildman–Crippen LogP) is 10.7. The Labute approximate surface area is 251 Å². The molecule has 0 aromatic rings. The first-order chi connectivity index (χ1) is 19.3. The van der Waals surface area contributed by atoms with Crippen LogP contribution in [0, 0.1) is 0 Å². The maximum atomic E-state index is 12.1. The summed E-state index contributed by atoms with van der Waals surface area (Å²) in [6.07, 6.45) is 34.2. The molecule has 1 atom stereocenters. The number of nitrogens with zero attached hydrogens (tertiary/aromatic N) is 1. The lowest BCUT2D eigenvalue weighted by molar-refractivity contribution is -0.890. The van der Waals surface area contributed by atoms with Crippen LogP contribution in [0.2, 0.25) is 0 Å². The molecule has 6 heteroatoms. The molecule has 0 aliphatic rings. The minimum atomic E-state index is -4.18. The van der Waals surface area contributed by atoms with E-state index in [1.54, 1.807) is 0 Å². The Balaban J connectivity index is 3.51. The summed E-state index contributed by atoms with van der Waals surface area (Å²) >= 11 is 0. The van der Waals surface area contributed by atoms with Gasteiger partial charge in [0.15, 0.2) is 0 Å². The van der Waals surface area contributed by atoms with Gasteiger partial charge in [0.25, 0.3) is 7.82 Å². The molecular formula is C34H72NO4P. The lowest BCUT2D eigenvalue weighted by Gasteiger charge is -2.31. The second-order valence-electron chi connectivity index (χ2n) is 13.0. The lowest BCUT2D eigenvalue weighted by Crippen LogP contribution is -2.43. The molecule has 0 aromatic heterocycles. The van der Waals surface area contributed by atoms with E-state index in [0.717, 1.165) is 30.3 Å². The van der Waals surface area contributed by atoms with E-state index in [0.29, 0.717) is 6.54 Å². The molecule has 0 aliphatic heterocycles. The van der Waals surface area contributed by atoms with Crippen molar-refractivity contribution >= 4 is 7.82 Å². The summed E-state index contributed by atoms with van der Waals surface area (Å²) in [7, 11) is 0.131. The van der Waals surface area contributed by atoms with E-state index >= 15 is 0 Å². The Morgan fingerprint density at radius 2 is 0.750 bits per heavy atom. The monoisotopic (exact) mass is 590 g/mol. The van der Waals surface area contributed by atoms with Gasteiger partial charge in [-0.25, -0.2) is 0 Å². The van der Waals surface area contributed by atoms with E-state index in [-0.39, 0.29) is 13.2 Å². The van der Waals surface area contributed by atoms with Gasteiger partial charge in [-0.15, -0.1) is 0 Å². The van der Waals surface area contributed by atoms with Gasteiger partial charge in [-0.05, 0) is 19.3 Å². The molecule has 0 amide bonds. The van der Waals surface area contributed by atoms with Crippen molar-refractivity contribution in [1.82, 2.24) is 0 Å². The van der Waals surface area contributed by atoms with Crippen LogP contribution in [-0.4, -0.2) is 44.9 Å². The Bertz CT molecular complexity index is 558. The van der Waals surface area contributed by atoms with Crippen molar-refractivity contribution in [3.05, 3.63) is 0 Å². The first-order valence-corrected chi connectivity index (χ1v) is 19.2. The zero-order chi connectivity index (χ0) is 29.6. The first kappa shape index (κ1) is 40.1. The summed E-state index contributed by atoms with van der Waals surface area (Å²) < 4.78 is 23.1. The molecule has 1 unspecified atom stereocenters. The normalized spacial score (nSPS) is 13.6. The fourth-order valence-electron chi connectivity index (χ4n) is 5.40. The number of rotatable bonds is 33. The highest BCUT2D eigenvalue weighted by molar-refractivity contribution is 7.45. The average molecular weight is 590 g/mol. The summed E-state index contributed by atoms with van der Waals surface area (Å²) in [6, 6.07) is 0.